The first kappa shape index (κ1) is 14.9. The summed E-state index contributed by atoms with van der Waals surface area (Å²) in [5.74, 6) is -5.33. The molecule has 102 valence electrons. The van der Waals surface area contributed by atoms with E-state index in [9.17, 15) is 26.0 Å². The third-order valence-corrected chi connectivity index (χ3v) is 4.92. The van der Waals surface area contributed by atoms with Crippen LogP contribution in [0.25, 0.3) is 0 Å². The van der Waals surface area contributed by atoms with Crippen molar-refractivity contribution < 1.29 is 26.0 Å². The third kappa shape index (κ3) is 2.11. The lowest BCUT2D eigenvalue weighted by atomic mass is 10.1. The molecule has 0 radical (unpaired) electrons. The van der Waals surface area contributed by atoms with E-state index in [0.717, 1.165) is 6.92 Å². The molecule has 0 aliphatic heterocycles. The van der Waals surface area contributed by atoms with Gasteiger partial charge in [0.2, 0.25) is 0 Å². The number of benzene rings is 1. The third-order valence-electron chi connectivity index (χ3n) is 2.68. The molecule has 0 unspecified atom stereocenters. The predicted octanol–water partition coefficient (Wildman–Crippen LogP) is 3.06. The second-order valence-electron chi connectivity index (χ2n) is 4.10. The number of rotatable bonds is 3. The molecule has 0 N–H and O–H groups in total. The molecular formula is C11H12F4O2S. The van der Waals surface area contributed by atoms with Crippen molar-refractivity contribution in [3.63, 3.8) is 0 Å². The Morgan fingerprint density at radius 3 is 1.94 bits per heavy atom. The molecule has 1 aromatic rings. The van der Waals surface area contributed by atoms with Crippen LogP contribution in [-0.2, 0) is 16.5 Å². The van der Waals surface area contributed by atoms with E-state index in [1.54, 1.807) is 0 Å². The predicted molar refractivity (Wildman–Crippen MR) is 58.2 cm³/mol. The minimum absolute atomic E-state index is 0.532. The normalized spacial score (nSPS) is 12.2. The summed E-state index contributed by atoms with van der Waals surface area (Å²) in [7, 11) is -4.23. The van der Waals surface area contributed by atoms with Crippen LogP contribution in [0.3, 0.4) is 0 Å². The molecular weight excluding hydrogens is 272 g/mol. The van der Waals surface area contributed by atoms with Crippen molar-refractivity contribution in [2.75, 3.05) is 0 Å². The summed E-state index contributed by atoms with van der Waals surface area (Å²) in [5.41, 5.74) is -1.20. The standard InChI is InChI=1S/C11H12F4O2S/c1-5(2)18(16,17)11-7(4-12)6(3)8(13)9(14)10(11)15/h5H,4H2,1-3H3. The van der Waals surface area contributed by atoms with Crippen LogP contribution in [0.5, 0.6) is 0 Å². The van der Waals surface area contributed by atoms with E-state index >= 15 is 0 Å². The fraction of sp³-hybridized carbons (Fsp3) is 0.455. The topological polar surface area (TPSA) is 34.1 Å². The average Bonchev–Trinajstić information content (AvgIpc) is 2.30. The van der Waals surface area contributed by atoms with Gasteiger partial charge in [-0.3, -0.25) is 0 Å². The van der Waals surface area contributed by atoms with E-state index in [0.29, 0.717) is 0 Å². The zero-order chi connectivity index (χ0) is 14.2. The van der Waals surface area contributed by atoms with Gasteiger partial charge in [0.25, 0.3) is 0 Å². The summed E-state index contributed by atoms with van der Waals surface area (Å²) in [6, 6.07) is 0. The molecule has 0 saturated heterocycles. The molecule has 0 bridgehead atoms. The Bertz CT molecular complexity index is 579. The van der Waals surface area contributed by atoms with Crippen LogP contribution >= 0.6 is 0 Å². The molecule has 0 aliphatic rings. The van der Waals surface area contributed by atoms with Crippen molar-refractivity contribution in [3.05, 3.63) is 28.6 Å². The highest BCUT2D eigenvalue weighted by molar-refractivity contribution is 7.92. The summed E-state index contributed by atoms with van der Waals surface area (Å²) < 4.78 is 76.6. The van der Waals surface area contributed by atoms with E-state index in [1.807, 2.05) is 0 Å². The highest BCUT2D eigenvalue weighted by Crippen LogP contribution is 2.31. The van der Waals surface area contributed by atoms with Gasteiger partial charge in [-0.15, -0.1) is 0 Å². The molecule has 1 rings (SSSR count). The molecule has 0 heterocycles. The van der Waals surface area contributed by atoms with Gasteiger partial charge in [0, 0.05) is 5.56 Å². The molecule has 2 nitrogen and oxygen atoms in total. The maximum atomic E-state index is 13.6. The smallest absolute Gasteiger partial charge is 0.196 e. The van der Waals surface area contributed by atoms with Crippen molar-refractivity contribution in [1.29, 1.82) is 0 Å². The van der Waals surface area contributed by atoms with Crippen molar-refractivity contribution in [3.8, 4) is 0 Å². The van der Waals surface area contributed by atoms with Crippen LogP contribution in [0.15, 0.2) is 4.90 Å². The highest BCUT2D eigenvalue weighted by atomic mass is 32.2. The number of halogens is 4. The lowest BCUT2D eigenvalue weighted by molar-refractivity contribution is 0.409. The molecule has 0 aliphatic carbocycles. The first-order chi connectivity index (χ1) is 8.16. The molecule has 0 spiro atoms. The van der Waals surface area contributed by atoms with Crippen molar-refractivity contribution in [2.24, 2.45) is 0 Å². The molecule has 18 heavy (non-hydrogen) atoms. The summed E-state index contributed by atoms with van der Waals surface area (Å²) >= 11 is 0. The molecule has 0 amide bonds. The van der Waals surface area contributed by atoms with Gasteiger partial charge in [0.1, 0.15) is 11.6 Å². The van der Waals surface area contributed by atoms with Crippen LogP contribution in [0.2, 0.25) is 0 Å². The Balaban J connectivity index is 3.85. The quantitative estimate of drug-likeness (QED) is 0.485. The van der Waals surface area contributed by atoms with E-state index < -0.39 is 55.2 Å². The number of alkyl halides is 1. The number of sulfone groups is 1. The maximum absolute atomic E-state index is 13.6. The summed E-state index contributed by atoms with van der Waals surface area (Å²) in [5, 5.41) is -1.07. The zero-order valence-corrected chi connectivity index (χ0v) is 10.8. The van der Waals surface area contributed by atoms with Crippen molar-refractivity contribution in [2.45, 2.75) is 37.6 Å². The fourth-order valence-electron chi connectivity index (χ4n) is 1.49. The van der Waals surface area contributed by atoms with E-state index in [-0.39, 0.29) is 0 Å². The van der Waals surface area contributed by atoms with Crippen LogP contribution in [0, 0.1) is 24.4 Å². The van der Waals surface area contributed by atoms with E-state index in [4.69, 9.17) is 0 Å². The minimum atomic E-state index is -4.23. The highest BCUT2D eigenvalue weighted by Gasteiger charge is 2.32. The largest absolute Gasteiger partial charge is 0.246 e. The molecule has 0 atom stereocenters. The van der Waals surface area contributed by atoms with E-state index in [1.165, 1.54) is 13.8 Å². The van der Waals surface area contributed by atoms with Gasteiger partial charge in [-0.05, 0) is 26.3 Å². The summed E-state index contributed by atoms with van der Waals surface area (Å²) in [6.07, 6.45) is 0. The van der Waals surface area contributed by atoms with Gasteiger partial charge >= 0.3 is 0 Å². The molecule has 1 aromatic carbocycles. The van der Waals surface area contributed by atoms with Crippen molar-refractivity contribution >= 4 is 9.84 Å². The van der Waals surface area contributed by atoms with Crippen LogP contribution in [-0.4, -0.2) is 13.7 Å². The first-order valence-corrected chi connectivity index (χ1v) is 6.66. The Hall–Kier alpha value is -1.11. The van der Waals surface area contributed by atoms with Crippen LogP contribution in [0.4, 0.5) is 17.6 Å². The number of hydrogen-bond acceptors (Lipinski definition) is 2. The zero-order valence-electron chi connectivity index (χ0n) is 10.0. The second-order valence-corrected chi connectivity index (χ2v) is 6.54. The minimum Gasteiger partial charge on any atom is -0.246 e. The Morgan fingerprint density at radius 2 is 1.56 bits per heavy atom. The average molecular weight is 284 g/mol. The fourth-order valence-corrected chi connectivity index (χ4v) is 2.85. The maximum Gasteiger partial charge on any atom is 0.196 e. The van der Waals surface area contributed by atoms with E-state index in [2.05, 4.69) is 0 Å². The van der Waals surface area contributed by atoms with Gasteiger partial charge in [-0.25, -0.2) is 26.0 Å². The molecule has 0 aromatic heterocycles. The van der Waals surface area contributed by atoms with Gasteiger partial charge in [-0.1, -0.05) is 0 Å². The molecule has 7 heteroatoms. The first-order valence-electron chi connectivity index (χ1n) is 5.12. The Kier molecular flexibility index (Phi) is 4.05. The lowest BCUT2D eigenvalue weighted by Gasteiger charge is -2.15. The van der Waals surface area contributed by atoms with Gasteiger partial charge in [0.05, 0.1) is 5.25 Å². The lowest BCUT2D eigenvalue weighted by Crippen LogP contribution is -2.20. The van der Waals surface area contributed by atoms with Crippen LogP contribution < -0.4 is 0 Å². The van der Waals surface area contributed by atoms with Gasteiger partial charge < -0.3 is 0 Å². The summed E-state index contributed by atoms with van der Waals surface area (Å²) in [4.78, 5) is -1.09. The molecule has 0 fully saturated rings. The molecule has 0 saturated carbocycles. The number of hydrogen-bond donors (Lipinski definition) is 0. The van der Waals surface area contributed by atoms with Crippen molar-refractivity contribution in [1.82, 2.24) is 0 Å². The SMILES string of the molecule is Cc1c(F)c(F)c(F)c(S(=O)(=O)C(C)C)c1CF. The monoisotopic (exact) mass is 284 g/mol. The van der Waals surface area contributed by atoms with Gasteiger partial charge in [0.15, 0.2) is 27.3 Å². The Morgan fingerprint density at radius 1 is 1.06 bits per heavy atom. The second kappa shape index (κ2) is 4.87. The Labute approximate surface area is 103 Å². The van der Waals surface area contributed by atoms with Crippen LogP contribution in [0.1, 0.15) is 25.0 Å². The summed E-state index contributed by atoms with van der Waals surface area (Å²) in [6.45, 7) is 2.11. The van der Waals surface area contributed by atoms with Gasteiger partial charge in [-0.2, -0.15) is 0 Å².